The summed E-state index contributed by atoms with van der Waals surface area (Å²) in [6, 6.07) is -2.07. The SMILES string of the molecule is CCN1CCN(C(=O)NC2(CC(=O)NC3CN(S(=O)(=O)O)C3=O)CC=CO2)C(=O)C1=O. The van der Waals surface area contributed by atoms with Crippen LogP contribution in [0.3, 0.4) is 0 Å². The Balaban J connectivity index is 1.60. The Morgan fingerprint density at radius 2 is 1.97 bits per heavy atom. The minimum atomic E-state index is -4.69. The number of carbonyl (C=O) groups is 5. The van der Waals surface area contributed by atoms with Crippen molar-refractivity contribution in [3.05, 3.63) is 12.3 Å². The third kappa shape index (κ3) is 4.46. The van der Waals surface area contributed by atoms with E-state index in [1.807, 2.05) is 0 Å². The zero-order valence-corrected chi connectivity index (χ0v) is 17.3. The van der Waals surface area contributed by atoms with E-state index >= 15 is 0 Å². The molecule has 0 spiro atoms. The van der Waals surface area contributed by atoms with Gasteiger partial charge in [-0.25, -0.2) is 9.10 Å². The van der Waals surface area contributed by atoms with E-state index in [4.69, 9.17) is 9.29 Å². The van der Waals surface area contributed by atoms with Crippen LogP contribution in [-0.4, -0.2) is 94.7 Å². The van der Waals surface area contributed by atoms with Gasteiger partial charge in [-0.05, 0) is 13.0 Å². The van der Waals surface area contributed by atoms with E-state index in [9.17, 15) is 32.4 Å². The summed E-state index contributed by atoms with van der Waals surface area (Å²) in [5.41, 5.74) is -1.55. The predicted octanol–water partition coefficient (Wildman–Crippen LogP) is -2.46. The molecule has 2 unspecified atom stereocenters. The van der Waals surface area contributed by atoms with Gasteiger partial charge in [0.2, 0.25) is 5.91 Å². The minimum Gasteiger partial charge on any atom is -0.475 e. The summed E-state index contributed by atoms with van der Waals surface area (Å²) in [5.74, 6) is -3.55. The molecule has 0 aromatic rings. The van der Waals surface area contributed by atoms with Gasteiger partial charge in [-0.3, -0.25) is 33.9 Å². The van der Waals surface area contributed by atoms with E-state index < -0.39 is 64.7 Å². The van der Waals surface area contributed by atoms with Gasteiger partial charge in [0, 0.05) is 26.1 Å². The third-order valence-corrected chi connectivity index (χ3v) is 5.95. The molecule has 0 aromatic heterocycles. The van der Waals surface area contributed by atoms with Crippen LogP contribution < -0.4 is 10.6 Å². The maximum Gasteiger partial charge on any atom is 0.362 e. The van der Waals surface area contributed by atoms with Gasteiger partial charge in [0.25, 0.3) is 5.91 Å². The molecular formula is C16H21N5O9S. The molecule has 3 N–H and O–H groups in total. The van der Waals surface area contributed by atoms with Crippen LogP contribution in [0.1, 0.15) is 19.8 Å². The maximum absolute atomic E-state index is 12.6. The van der Waals surface area contributed by atoms with Crippen molar-refractivity contribution >= 4 is 40.0 Å². The Bertz CT molecular complexity index is 955. The fraction of sp³-hybridized carbons (Fsp3) is 0.562. The molecule has 6 amide bonds. The highest BCUT2D eigenvalue weighted by atomic mass is 32.2. The highest BCUT2D eigenvalue weighted by molar-refractivity contribution is 7.84. The number of piperazine rings is 1. The lowest BCUT2D eigenvalue weighted by molar-refractivity contribution is -0.153. The Labute approximate surface area is 177 Å². The van der Waals surface area contributed by atoms with Gasteiger partial charge in [0.1, 0.15) is 6.04 Å². The number of hydrogen-bond acceptors (Lipinski definition) is 8. The van der Waals surface area contributed by atoms with Crippen LogP contribution in [0.15, 0.2) is 12.3 Å². The molecule has 14 nitrogen and oxygen atoms in total. The van der Waals surface area contributed by atoms with Gasteiger partial charge >= 0.3 is 28.1 Å². The van der Waals surface area contributed by atoms with Crippen LogP contribution in [0.5, 0.6) is 0 Å². The molecule has 2 fully saturated rings. The fourth-order valence-corrected chi connectivity index (χ4v) is 4.04. The van der Waals surface area contributed by atoms with Crippen LogP contribution in [-0.2, 0) is 34.2 Å². The van der Waals surface area contributed by atoms with E-state index in [0.717, 1.165) is 4.90 Å². The number of urea groups is 1. The summed E-state index contributed by atoms with van der Waals surface area (Å²) in [7, 11) is -4.69. The normalized spacial score (nSPS) is 25.9. The highest BCUT2D eigenvalue weighted by Gasteiger charge is 2.46. The van der Waals surface area contributed by atoms with Gasteiger partial charge in [-0.1, -0.05) is 0 Å². The standard InChI is InChI=1S/C16H21N5O9S/c1-2-19-5-6-20(14(25)13(19)24)15(26)18-16(4-3-7-30-16)8-11(22)17-10-9-21(12(10)23)31(27,28)29/h3,7,10H,2,4-6,8-9H2,1H3,(H,17,22)(H,18,26)(H,27,28,29). The van der Waals surface area contributed by atoms with Crippen LogP contribution in [0, 0.1) is 0 Å². The Hall–Kier alpha value is -3.20. The van der Waals surface area contributed by atoms with Crippen molar-refractivity contribution in [3.63, 3.8) is 0 Å². The number of nitrogens with zero attached hydrogens (tertiary/aromatic N) is 3. The van der Waals surface area contributed by atoms with E-state index in [1.165, 1.54) is 17.2 Å². The monoisotopic (exact) mass is 459 g/mol. The third-order valence-electron chi connectivity index (χ3n) is 5.06. The van der Waals surface area contributed by atoms with Crippen molar-refractivity contribution < 1.29 is 41.7 Å². The van der Waals surface area contributed by atoms with Gasteiger partial charge in [-0.2, -0.15) is 8.42 Å². The largest absolute Gasteiger partial charge is 0.475 e. The molecule has 2 atom stereocenters. The summed E-state index contributed by atoms with van der Waals surface area (Å²) < 4.78 is 36.3. The summed E-state index contributed by atoms with van der Waals surface area (Å²) in [4.78, 5) is 63.0. The van der Waals surface area contributed by atoms with E-state index in [0.29, 0.717) is 6.54 Å². The molecule has 170 valence electrons. The van der Waals surface area contributed by atoms with Gasteiger partial charge in [0.05, 0.1) is 19.2 Å². The first kappa shape index (κ1) is 22.5. The van der Waals surface area contributed by atoms with E-state index in [2.05, 4.69) is 10.6 Å². The van der Waals surface area contributed by atoms with Crippen LogP contribution in [0.2, 0.25) is 0 Å². The van der Waals surface area contributed by atoms with Crippen LogP contribution >= 0.6 is 0 Å². The Morgan fingerprint density at radius 1 is 1.26 bits per heavy atom. The zero-order valence-electron chi connectivity index (χ0n) is 16.4. The average molecular weight is 459 g/mol. The number of rotatable bonds is 6. The molecule has 0 radical (unpaired) electrons. The molecule has 0 bridgehead atoms. The molecule has 15 heteroatoms. The summed E-state index contributed by atoms with van der Waals surface area (Å²) in [6.45, 7) is 1.75. The van der Waals surface area contributed by atoms with Gasteiger partial charge in [0.15, 0.2) is 5.72 Å². The van der Waals surface area contributed by atoms with Crippen molar-refractivity contribution in [2.45, 2.75) is 31.5 Å². The number of amides is 6. The first-order valence-corrected chi connectivity index (χ1v) is 10.7. The van der Waals surface area contributed by atoms with Crippen molar-refractivity contribution in [3.8, 4) is 0 Å². The summed E-state index contributed by atoms with van der Waals surface area (Å²) >= 11 is 0. The molecule has 0 aliphatic carbocycles. The molecule has 0 aromatic carbocycles. The lowest BCUT2D eigenvalue weighted by Crippen LogP contribution is -2.66. The van der Waals surface area contributed by atoms with Crippen molar-refractivity contribution in [1.29, 1.82) is 0 Å². The number of nitrogens with one attached hydrogen (secondary N) is 2. The van der Waals surface area contributed by atoms with Crippen molar-refractivity contribution in [1.82, 2.24) is 24.7 Å². The number of likely N-dealkylation sites (N-methyl/N-ethyl adjacent to an activating group) is 1. The topological polar surface area (TPSA) is 183 Å². The van der Waals surface area contributed by atoms with Crippen molar-refractivity contribution in [2.75, 3.05) is 26.2 Å². The average Bonchev–Trinajstić information content (AvgIpc) is 3.13. The second kappa shape index (κ2) is 8.14. The van der Waals surface area contributed by atoms with Gasteiger partial charge < -0.3 is 15.0 Å². The van der Waals surface area contributed by atoms with E-state index in [-0.39, 0.29) is 23.8 Å². The molecule has 3 heterocycles. The Morgan fingerprint density at radius 3 is 2.52 bits per heavy atom. The molecular weight excluding hydrogens is 438 g/mol. The molecule has 3 aliphatic heterocycles. The van der Waals surface area contributed by atoms with Crippen molar-refractivity contribution in [2.24, 2.45) is 0 Å². The number of ether oxygens (including phenoxy) is 1. The summed E-state index contributed by atoms with van der Waals surface area (Å²) in [6.07, 6.45) is 2.39. The smallest absolute Gasteiger partial charge is 0.362 e. The number of β-lactam (4-membered cyclic amide) rings is 1. The number of hydrogen-bond donors (Lipinski definition) is 3. The minimum absolute atomic E-state index is 0.0258. The summed E-state index contributed by atoms with van der Waals surface area (Å²) in [5, 5.41) is 4.74. The lowest BCUT2D eigenvalue weighted by atomic mass is 10.0. The molecule has 3 rings (SSSR count). The maximum atomic E-state index is 12.6. The second-order valence-corrected chi connectivity index (χ2v) is 8.44. The van der Waals surface area contributed by atoms with Gasteiger partial charge in [-0.15, -0.1) is 0 Å². The highest BCUT2D eigenvalue weighted by Crippen LogP contribution is 2.25. The zero-order chi connectivity index (χ0) is 23.0. The Kier molecular flexibility index (Phi) is 5.91. The fourth-order valence-electron chi connectivity index (χ4n) is 3.35. The first-order chi connectivity index (χ1) is 14.5. The lowest BCUT2D eigenvalue weighted by Gasteiger charge is -2.37. The number of imide groups is 1. The first-order valence-electron chi connectivity index (χ1n) is 9.31. The molecule has 31 heavy (non-hydrogen) atoms. The second-order valence-electron chi connectivity index (χ2n) is 7.10. The number of carbonyl (C=O) groups excluding carboxylic acids is 5. The van der Waals surface area contributed by atoms with E-state index in [1.54, 1.807) is 6.92 Å². The molecule has 2 saturated heterocycles. The molecule has 0 saturated carbocycles. The predicted molar refractivity (Wildman–Crippen MR) is 99.9 cm³/mol. The van der Waals surface area contributed by atoms with Crippen LogP contribution in [0.25, 0.3) is 0 Å². The van der Waals surface area contributed by atoms with Crippen LogP contribution in [0.4, 0.5) is 4.79 Å². The quantitative estimate of drug-likeness (QED) is 0.220. The molecule has 3 aliphatic rings.